The molecule has 164 valence electrons. The zero-order chi connectivity index (χ0) is 23.3. The van der Waals surface area contributed by atoms with Crippen LogP contribution in [0.2, 0.25) is 0 Å². The molecule has 7 nitrogen and oxygen atoms in total. The van der Waals surface area contributed by atoms with Crippen molar-refractivity contribution >= 4 is 45.2 Å². The second-order valence-corrected chi connectivity index (χ2v) is 7.87. The van der Waals surface area contributed by atoms with E-state index in [2.05, 4.69) is 14.6 Å². The lowest BCUT2D eigenvalue weighted by atomic mass is 9.97. The van der Waals surface area contributed by atoms with E-state index in [0.717, 1.165) is 22.0 Å². The molecule has 1 aliphatic heterocycles. The molecule has 33 heavy (non-hydrogen) atoms. The molecule has 0 radical (unpaired) electrons. The van der Waals surface area contributed by atoms with Gasteiger partial charge in [-0.1, -0.05) is 24.3 Å². The first kappa shape index (κ1) is 20.6. The summed E-state index contributed by atoms with van der Waals surface area (Å²) in [6, 6.07) is 16.6. The number of rotatable bonds is 4. The van der Waals surface area contributed by atoms with Gasteiger partial charge in [-0.05, 0) is 54.9 Å². The van der Waals surface area contributed by atoms with E-state index in [9.17, 15) is 14.4 Å². The number of oxime groups is 1. The van der Waals surface area contributed by atoms with Crippen LogP contribution in [0.1, 0.15) is 45.7 Å². The van der Waals surface area contributed by atoms with Gasteiger partial charge in [0.15, 0.2) is 11.5 Å². The summed E-state index contributed by atoms with van der Waals surface area (Å²) in [4.78, 5) is 41.7. The molecule has 0 spiro atoms. The summed E-state index contributed by atoms with van der Waals surface area (Å²) in [5.41, 5.74) is 4.21. The largest absolute Gasteiger partial charge is 0.432 e. The van der Waals surface area contributed by atoms with Crippen LogP contribution in [0.4, 0.5) is 0 Å². The van der Waals surface area contributed by atoms with Gasteiger partial charge in [-0.15, -0.1) is 0 Å². The van der Waals surface area contributed by atoms with Crippen molar-refractivity contribution in [2.24, 2.45) is 5.16 Å². The predicted octanol–water partition coefficient (Wildman–Crippen LogP) is 4.81. The Morgan fingerprint density at radius 3 is 2.55 bits per heavy atom. The molecule has 0 amide bonds. The second kappa shape index (κ2) is 7.70. The molecular weight excluding hydrogens is 420 g/mol. The number of carbonyl (C=O) groups excluding carboxylic acids is 3. The fourth-order valence-corrected chi connectivity index (χ4v) is 4.33. The van der Waals surface area contributed by atoms with E-state index in [1.807, 2.05) is 62.4 Å². The topological polar surface area (TPSA) is 87.0 Å². The van der Waals surface area contributed by atoms with Crippen LogP contribution in [0.5, 0.6) is 5.75 Å². The molecule has 0 bridgehead atoms. The Balaban J connectivity index is 1.73. The second-order valence-electron chi connectivity index (χ2n) is 7.87. The minimum atomic E-state index is -0.651. The van der Waals surface area contributed by atoms with Gasteiger partial charge in [0, 0.05) is 35.5 Å². The summed E-state index contributed by atoms with van der Waals surface area (Å²) < 4.78 is 7.88. The number of hydrogen-bond donors (Lipinski definition) is 0. The Labute approximate surface area is 189 Å². The number of nitrogens with zero attached hydrogens (tertiary/aromatic N) is 2. The van der Waals surface area contributed by atoms with Crippen molar-refractivity contribution in [3.05, 3.63) is 76.9 Å². The molecule has 1 aromatic heterocycles. The van der Waals surface area contributed by atoms with E-state index in [-0.39, 0.29) is 11.7 Å². The molecule has 0 fully saturated rings. The number of ether oxygens (including phenoxy) is 1. The van der Waals surface area contributed by atoms with Crippen LogP contribution in [0.3, 0.4) is 0 Å². The average Bonchev–Trinajstić information content (AvgIpc) is 3.31. The van der Waals surface area contributed by atoms with Gasteiger partial charge in [0.1, 0.15) is 0 Å². The fraction of sp³-hybridized carbons (Fsp3) is 0.154. The zero-order valence-electron chi connectivity index (χ0n) is 18.3. The SMILES string of the molecule is CCn1c2ccc(C(=O)c3ccccc3C)cc2c2c3c(ccc21)C(=O)C(=NOC(C)=O)O3. The molecule has 0 saturated heterocycles. The quantitative estimate of drug-likeness (QED) is 0.258. The smallest absolute Gasteiger partial charge is 0.332 e. The highest BCUT2D eigenvalue weighted by Gasteiger charge is 2.33. The Hall–Kier alpha value is -4.26. The summed E-state index contributed by atoms with van der Waals surface area (Å²) in [7, 11) is 0. The maximum atomic E-state index is 13.3. The van der Waals surface area contributed by atoms with Crippen molar-refractivity contribution in [2.75, 3.05) is 0 Å². The third-order valence-corrected chi connectivity index (χ3v) is 5.85. The lowest BCUT2D eigenvalue weighted by Gasteiger charge is -2.06. The molecule has 0 atom stereocenters. The Morgan fingerprint density at radius 1 is 1.06 bits per heavy atom. The van der Waals surface area contributed by atoms with Crippen LogP contribution in [0, 0.1) is 6.92 Å². The number of hydrogen-bond acceptors (Lipinski definition) is 6. The first-order chi connectivity index (χ1) is 15.9. The molecular formula is C26H20N2O5. The van der Waals surface area contributed by atoms with Gasteiger partial charge >= 0.3 is 11.9 Å². The van der Waals surface area contributed by atoms with Crippen LogP contribution >= 0.6 is 0 Å². The van der Waals surface area contributed by atoms with Crippen LogP contribution < -0.4 is 4.74 Å². The van der Waals surface area contributed by atoms with E-state index in [0.29, 0.717) is 34.4 Å². The van der Waals surface area contributed by atoms with E-state index >= 15 is 0 Å². The van der Waals surface area contributed by atoms with Crippen LogP contribution in [-0.2, 0) is 16.2 Å². The van der Waals surface area contributed by atoms with E-state index < -0.39 is 11.8 Å². The maximum Gasteiger partial charge on any atom is 0.332 e. The first-order valence-corrected chi connectivity index (χ1v) is 10.6. The predicted molar refractivity (Wildman–Crippen MR) is 124 cm³/mol. The summed E-state index contributed by atoms with van der Waals surface area (Å²) in [6.07, 6.45) is 0. The third kappa shape index (κ3) is 3.20. The number of carbonyl (C=O) groups is 3. The van der Waals surface area contributed by atoms with Gasteiger partial charge in [0.25, 0.3) is 5.78 Å². The number of Topliss-reactive ketones (excluding diaryl/α,β-unsaturated/α-hetero) is 1. The summed E-state index contributed by atoms with van der Waals surface area (Å²) in [5, 5.41) is 5.07. The molecule has 0 aliphatic carbocycles. The van der Waals surface area contributed by atoms with Crippen molar-refractivity contribution < 1.29 is 24.0 Å². The molecule has 0 saturated carbocycles. The summed E-state index contributed by atoms with van der Waals surface area (Å²) >= 11 is 0. The molecule has 3 aromatic carbocycles. The average molecular weight is 440 g/mol. The van der Waals surface area contributed by atoms with Gasteiger partial charge in [-0.3, -0.25) is 9.59 Å². The third-order valence-electron chi connectivity index (χ3n) is 5.85. The van der Waals surface area contributed by atoms with Crippen molar-refractivity contribution in [3.63, 3.8) is 0 Å². The highest BCUT2D eigenvalue weighted by Crippen LogP contribution is 2.41. The Morgan fingerprint density at radius 2 is 1.82 bits per heavy atom. The van der Waals surface area contributed by atoms with Gasteiger partial charge in [0.2, 0.25) is 0 Å². The molecule has 4 aromatic rings. The number of ketones is 2. The van der Waals surface area contributed by atoms with Crippen LogP contribution in [0.25, 0.3) is 21.8 Å². The van der Waals surface area contributed by atoms with Gasteiger partial charge in [0.05, 0.1) is 16.5 Å². The Bertz CT molecular complexity index is 1530. The summed E-state index contributed by atoms with van der Waals surface area (Å²) in [6.45, 7) is 5.81. The van der Waals surface area contributed by atoms with Crippen molar-refractivity contribution in [1.82, 2.24) is 4.57 Å². The molecule has 5 rings (SSSR count). The number of aryl methyl sites for hydroxylation is 2. The normalized spacial score (nSPS) is 14.0. The summed E-state index contributed by atoms with van der Waals surface area (Å²) in [5.74, 6) is -1.13. The lowest BCUT2D eigenvalue weighted by molar-refractivity contribution is -0.141. The highest BCUT2D eigenvalue weighted by atomic mass is 16.7. The van der Waals surface area contributed by atoms with Crippen molar-refractivity contribution in [1.29, 1.82) is 0 Å². The fourth-order valence-electron chi connectivity index (χ4n) is 4.33. The minimum absolute atomic E-state index is 0.0749. The van der Waals surface area contributed by atoms with E-state index in [1.165, 1.54) is 6.92 Å². The van der Waals surface area contributed by atoms with E-state index in [1.54, 1.807) is 6.07 Å². The van der Waals surface area contributed by atoms with Crippen LogP contribution in [-0.4, -0.2) is 28.0 Å². The Kier molecular flexibility index (Phi) is 4.82. The number of fused-ring (bicyclic) bond motifs is 5. The van der Waals surface area contributed by atoms with Gasteiger partial charge in [-0.25, -0.2) is 4.79 Å². The van der Waals surface area contributed by atoms with Crippen molar-refractivity contribution in [2.45, 2.75) is 27.3 Å². The first-order valence-electron chi connectivity index (χ1n) is 10.6. The van der Waals surface area contributed by atoms with Crippen molar-refractivity contribution in [3.8, 4) is 5.75 Å². The number of aromatic nitrogens is 1. The molecule has 7 heteroatoms. The minimum Gasteiger partial charge on any atom is -0.432 e. The monoisotopic (exact) mass is 440 g/mol. The number of benzene rings is 3. The molecule has 0 N–H and O–H groups in total. The van der Waals surface area contributed by atoms with Gasteiger partial charge in [-0.2, -0.15) is 0 Å². The highest BCUT2D eigenvalue weighted by molar-refractivity contribution is 6.47. The maximum absolute atomic E-state index is 13.3. The van der Waals surface area contributed by atoms with E-state index in [4.69, 9.17) is 4.74 Å². The standard InChI is InChI=1S/C26H20N2O5/c1-4-28-20-11-9-16(23(30)17-8-6-5-7-14(17)2)13-19(20)22-21(28)12-10-18-24(31)26(32-25(18)22)27-33-15(3)29/h5-13H,4H2,1-3H3. The molecule has 0 unspecified atom stereocenters. The lowest BCUT2D eigenvalue weighted by Crippen LogP contribution is -2.13. The zero-order valence-corrected chi connectivity index (χ0v) is 18.3. The molecule has 2 heterocycles. The molecule has 1 aliphatic rings. The van der Waals surface area contributed by atoms with Crippen LogP contribution in [0.15, 0.2) is 59.8 Å². The van der Waals surface area contributed by atoms with Gasteiger partial charge < -0.3 is 14.1 Å².